The minimum absolute atomic E-state index is 0.0302. The predicted molar refractivity (Wildman–Crippen MR) is 88.1 cm³/mol. The van der Waals surface area contributed by atoms with Gasteiger partial charge in [0.15, 0.2) is 0 Å². The third kappa shape index (κ3) is 2.56. The number of hydrogen-bond acceptors (Lipinski definition) is 3. The maximum atomic E-state index is 13.4. The molecule has 0 aliphatic carbocycles. The molecule has 3 aromatic rings. The maximum absolute atomic E-state index is 13.4. The van der Waals surface area contributed by atoms with Gasteiger partial charge in [-0.15, -0.1) is 0 Å². The van der Waals surface area contributed by atoms with Crippen LogP contribution in [0.25, 0.3) is 10.9 Å². The van der Waals surface area contributed by atoms with Crippen LogP contribution in [-0.2, 0) is 11.0 Å². The minimum Gasteiger partial charge on any atom is -0.425 e. The van der Waals surface area contributed by atoms with Gasteiger partial charge in [0.1, 0.15) is 5.75 Å². The Hall–Kier alpha value is -3.09. The summed E-state index contributed by atoms with van der Waals surface area (Å²) in [6.45, 7) is 0. The van der Waals surface area contributed by atoms with E-state index < -0.39 is 29.2 Å². The van der Waals surface area contributed by atoms with Crippen LogP contribution in [0.1, 0.15) is 29.0 Å². The van der Waals surface area contributed by atoms with Gasteiger partial charge in [0, 0.05) is 11.3 Å². The molecule has 7 heteroatoms. The van der Waals surface area contributed by atoms with Gasteiger partial charge in [0.25, 0.3) is 5.56 Å². The Labute approximate surface area is 145 Å². The largest absolute Gasteiger partial charge is 0.425 e. The number of aromatic nitrogens is 1. The molecule has 1 aliphatic heterocycles. The van der Waals surface area contributed by atoms with E-state index in [2.05, 4.69) is 4.98 Å². The normalized spacial score (nSPS) is 17.0. The summed E-state index contributed by atoms with van der Waals surface area (Å²) < 4.78 is 45.5. The van der Waals surface area contributed by atoms with Gasteiger partial charge < -0.3 is 9.72 Å². The van der Waals surface area contributed by atoms with Gasteiger partial charge in [0.2, 0.25) is 0 Å². The zero-order valence-electron chi connectivity index (χ0n) is 13.3. The van der Waals surface area contributed by atoms with Gasteiger partial charge in [-0.2, -0.15) is 13.2 Å². The number of nitrogens with one attached hydrogen (secondary N) is 1. The molecule has 0 amide bonds. The molecule has 0 spiro atoms. The van der Waals surface area contributed by atoms with Crippen LogP contribution in [0.4, 0.5) is 13.2 Å². The number of fused-ring (bicyclic) bond motifs is 3. The van der Waals surface area contributed by atoms with Gasteiger partial charge in [0.05, 0.1) is 23.1 Å². The standard InChI is InChI=1S/C19H12F3NO3/c20-19(21,22)13-7-3-1-5-10(13)12-9-15(24)26-17-11-6-2-4-8-14(11)23-18(25)16(12)17/h1-8,12H,9H2,(H,23,25)/t12-/m0/s1. The molecule has 0 unspecified atom stereocenters. The summed E-state index contributed by atoms with van der Waals surface area (Å²) in [6, 6.07) is 11.7. The molecule has 132 valence electrons. The molecule has 4 nitrogen and oxygen atoms in total. The van der Waals surface area contributed by atoms with Crippen LogP contribution in [0.5, 0.6) is 5.75 Å². The first kappa shape index (κ1) is 16.4. The highest BCUT2D eigenvalue weighted by atomic mass is 19.4. The summed E-state index contributed by atoms with van der Waals surface area (Å²) in [6.07, 6.45) is -4.93. The molecule has 0 saturated heterocycles. The maximum Gasteiger partial charge on any atom is 0.416 e. The first-order valence-electron chi connectivity index (χ1n) is 7.88. The molecule has 26 heavy (non-hydrogen) atoms. The molecule has 2 heterocycles. The predicted octanol–water partition coefficient (Wildman–Crippen LogP) is 3.99. The smallest absolute Gasteiger partial charge is 0.416 e. The summed E-state index contributed by atoms with van der Waals surface area (Å²) in [5, 5.41) is 0.477. The van der Waals surface area contributed by atoms with E-state index in [0.29, 0.717) is 10.9 Å². The number of carbonyl (C=O) groups excluding carboxylic acids is 1. The van der Waals surface area contributed by atoms with Crippen LogP contribution in [0, 0.1) is 0 Å². The molecule has 4 rings (SSSR count). The molecular formula is C19H12F3NO3. The van der Waals surface area contributed by atoms with E-state index in [9.17, 15) is 22.8 Å². The molecule has 1 N–H and O–H groups in total. The fraction of sp³-hybridized carbons (Fsp3) is 0.158. The first-order valence-corrected chi connectivity index (χ1v) is 7.88. The van der Waals surface area contributed by atoms with Crippen molar-refractivity contribution in [3.05, 3.63) is 75.6 Å². The van der Waals surface area contributed by atoms with Crippen molar-refractivity contribution in [1.82, 2.24) is 4.98 Å². The molecule has 0 bridgehead atoms. The lowest BCUT2D eigenvalue weighted by molar-refractivity contribution is -0.140. The second-order valence-corrected chi connectivity index (χ2v) is 6.06. The van der Waals surface area contributed by atoms with E-state index in [1.54, 1.807) is 24.3 Å². The lowest BCUT2D eigenvalue weighted by Crippen LogP contribution is -2.29. The molecule has 0 radical (unpaired) electrons. The van der Waals surface area contributed by atoms with Gasteiger partial charge >= 0.3 is 12.1 Å². The molecular weight excluding hydrogens is 347 g/mol. The number of benzene rings is 2. The van der Waals surface area contributed by atoms with Crippen LogP contribution in [0.2, 0.25) is 0 Å². The Morgan fingerprint density at radius 2 is 1.69 bits per heavy atom. The third-order valence-electron chi connectivity index (χ3n) is 4.49. The highest BCUT2D eigenvalue weighted by molar-refractivity contribution is 5.91. The van der Waals surface area contributed by atoms with Crippen molar-refractivity contribution in [3.8, 4) is 5.75 Å². The fourth-order valence-electron chi connectivity index (χ4n) is 3.40. The summed E-state index contributed by atoms with van der Waals surface area (Å²) in [5.74, 6) is -1.67. The van der Waals surface area contributed by atoms with Crippen molar-refractivity contribution in [2.45, 2.75) is 18.5 Å². The van der Waals surface area contributed by atoms with Crippen molar-refractivity contribution in [1.29, 1.82) is 0 Å². The van der Waals surface area contributed by atoms with Gasteiger partial charge in [-0.25, -0.2) is 0 Å². The van der Waals surface area contributed by atoms with Gasteiger partial charge in [-0.05, 0) is 23.8 Å². The van der Waals surface area contributed by atoms with E-state index >= 15 is 0 Å². The zero-order valence-corrected chi connectivity index (χ0v) is 13.3. The number of esters is 1. The van der Waals surface area contributed by atoms with E-state index in [0.717, 1.165) is 6.07 Å². The SMILES string of the molecule is O=C1C[C@@H](c2ccccc2C(F)(F)F)c2c(c3ccccc3[nH]c2=O)O1. The molecule has 1 aliphatic rings. The topological polar surface area (TPSA) is 59.2 Å². The molecule has 1 atom stereocenters. The Kier molecular flexibility index (Phi) is 3.61. The van der Waals surface area contributed by atoms with E-state index in [1.807, 2.05) is 0 Å². The molecule has 2 aromatic carbocycles. The van der Waals surface area contributed by atoms with E-state index in [-0.39, 0.29) is 23.3 Å². The van der Waals surface area contributed by atoms with Crippen LogP contribution < -0.4 is 10.3 Å². The number of para-hydroxylation sites is 1. The third-order valence-corrected chi connectivity index (χ3v) is 4.49. The van der Waals surface area contributed by atoms with Crippen LogP contribution in [0.3, 0.4) is 0 Å². The summed E-state index contributed by atoms with van der Waals surface area (Å²) in [7, 11) is 0. The van der Waals surface area contributed by atoms with Crippen LogP contribution >= 0.6 is 0 Å². The van der Waals surface area contributed by atoms with Gasteiger partial charge in [-0.3, -0.25) is 9.59 Å². The lowest BCUT2D eigenvalue weighted by Gasteiger charge is -2.27. The number of pyridine rings is 1. The van der Waals surface area contributed by atoms with Crippen molar-refractivity contribution in [3.63, 3.8) is 0 Å². The lowest BCUT2D eigenvalue weighted by atomic mass is 9.83. The van der Waals surface area contributed by atoms with E-state index in [4.69, 9.17) is 4.74 Å². The first-order chi connectivity index (χ1) is 12.4. The Morgan fingerprint density at radius 1 is 1.00 bits per heavy atom. The van der Waals surface area contributed by atoms with E-state index in [1.165, 1.54) is 18.2 Å². The second kappa shape index (κ2) is 5.72. The number of alkyl halides is 3. The zero-order chi connectivity index (χ0) is 18.5. The number of ether oxygens (including phenoxy) is 1. The second-order valence-electron chi connectivity index (χ2n) is 6.06. The fourth-order valence-corrected chi connectivity index (χ4v) is 3.40. The highest BCUT2D eigenvalue weighted by Gasteiger charge is 2.39. The number of H-pyrrole nitrogens is 1. The number of carbonyl (C=O) groups is 1. The highest BCUT2D eigenvalue weighted by Crippen LogP contribution is 2.44. The van der Waals surface area contributed by atoms with Gasteiger partial charge in [-0.1, -0.05) is 30.3 Å². The Bertz CT molecular complexity index is 1090. The van der Waals surface area contributed by atoms with Crippen molar-refractivity contribution in [2.75, 3.05) is 0 Å². The summed E-state index contributed by atoms with van der Waals surface area (Å²) in [4.78, 5) is 27.4. The summed E-state index contributed by atoms with van der Waals surface area (Å²) in [5.41, 5.74) is -1.04. The quantitative estimate of drug-likeness (QED) is 0.669. The molecule has 0 fully saturated rings. The molecule has 0 saturated carbocycles. The summed E-state index contributed by atoms with van der Waals surface area (Å²) >= 11 is 0. The monoisotopic (exact) mass is 359 g/mol. The van der Waals surface area contributed by atoms with Crippen molar-refractivity contribution in [2.24, 2.45) is 0 Å². The number of halogens is 3. The van der Waals surface area contributed by atoms with Crippen molar-refractivity contribution < 1.29 is 22.7 Å². The minimum atomic E-state index is -4.60. The van der Waals surface area contributed by atoms with Crippen LogP contribution in [-0.4, -0.2) is 11.0 Å². The number of aromatic amines is 1. The van der Waals surface area contributed by atoms with Crippen molar-refractivity contribution >= 4 is 16.9 Å². The average Bonchev–Trinajstić information content (AvgIpc) is 2.60. The average molecular weight is 359 g/mol. The Balaban J connectivity index is 2.02. The Morgan fingerprint density at radius 3 is 2.46 bits per heavy atom. The van der Waals surface area contributed by atoms with Crippen LogP contribution in [0.15, 0.2) is 53.3 Å². The number of rotatable bonds is 1. The number of hydrogen-bond donors (Lipinski definition) is 1. The molecule has 1 aromatic heterocycles.